The van der Waals surface area contributed by atoms with Gasteiger partial charge in [-0.25, -0.2) is 4.79 Å². The van der Waals surface area contributed by atoms with E-state index < -0.39 is 60.6 Å². The number of aliphatic carboxylic acids is 1. The first-order valence-corrected chi connectivity index (χ1v) is 10.7. The first-order valence-electron chi connectivity index (χ1n) is 10.7. The lowest BCUT2D eigenvalue weighted by Gasteiger charge is -2.28. The maximum atomic E-state index is 12.9. The normalized spacial score (nSPS) is 16.4. The fourth-order valence-electron chi connectivity index (χ4n) is 3.02. The average Bonchev–Trinajstić information content (AvgIpc) is 2.78. The van der Waals surface area contributed by atoms with Gasteiger partial charge in [0.1, 0.15) is 18.1 Å². The van der Waals surface area contributed by atoms with E-state index in [1.54, 1.807) is 6.92 Å². The molecule has 0 aromatic heterocycles. The first kappa shape index (κ1) is 28.0. The van der Waals surface area contributed by atoms with Crippen molar-refractivity contribution in [2.75, 3.05) is 6.61 Å². The third-order valence-corrected chi connectivity index (χ3v) is 5.29. The molecule has 0 saturated heterocycles. The summed E-state index contributed by atoms with van der Waals surface area (Å²) in [4.78, 5) is 49.1. The molecule has 0 aliphatic heterocycles. The van der Waals surface area contributed by atoms with Crippen molar-refractivity contribution in [2.24, 2.45) is 11.7 Å². The number of hydrogen-bond donors (Lipinski definition) is 7. The summed E-state index contributed by atoms with van der Waals surface area (Å²) in [6.45, 7) is 3.92. The quantitative estimate of drug-likeness (QED) is 0.183. The lowest BCUT2D eigenvalue weighted by molar-refractivity contribution is -0.144. The Morgan fingerprint density at radius 1 is 0.939 bits per heavy atom. The summed E-state index contributed by atoms with van der Waals surface area (Å²) >= 11 is 0. The van der Waals surface area contributed by atoms with Gasteiger partial charge in [-0.15, -0.1) is 0 Å². The summed E-state index contributed by atoms with van der Waals surface area (Å²) in [6.07, 6.45) is -0.600. The number of carboxylic acid groups (broad SMARTS) is 1. The van der Waals surface area contributed by atoms with Crippen LogP contribution >= 0.6 is 0 Å². The van der Waals surface area contributed by atoms with Crippen LogP contribution in [0.25, 0.3) is 0 Å². The number of rotatable bonds is 13. The molecule has 6 unspecified atom stereocenters. The number of aliphatic hydroxyl groups is 2. The second-order valence-electron chi connectivity index (χ2n) is 7.98. The van der Waals surface area contributed by atoms with Gasteiger partial charge in [0, 0.05) is 0 Å². The standard InChI is InChI=1S/C22H34N4O7/c1-4-12(2)17(25-19(29)15(23)10-14-8-6-5-7-9-14)20(30)26-18(13(3)28)21(31)24-16(11-27)22(32)33/h5-9,12-13,15-18,27-28H,4,10-11,23H2,1-3H3,(H,24,31)(H,25,29)(H,26,30)(H,32,33). The SMILES string of the molecule is CCC(C)C(NC(=O)C(N)Cc1ccccc1)C(=O)NC(C(=O)NC(CO)C(=O)O)C(C)O. The minimum absolute atomic E-state index is 0.262. The van der Waals surface area contributed by atoms with Gasteiger partial charge in [-0.05, 0) is 24.8 Å². The Morgan fingerprint density at radius 2 is 1.48 bits per heavy atom. The molecule has 0 aliphatic carbocycles. The molecule has 11 heteroatoms. The van der Waals surface area contributed by atoms with Gasteiger partial charge in [0.05, 0.1) is 18.8 Å². The van der Waals surface area contributed by atoms with Crippen LogP contribution in [0, 0.1) is 5.92 Å². The van der Waals surface area contributed by atoms with E-state index in [1.807, 2.05) is 37.3 Å². The Morgan fingerprint density at radius 3 is 1.97 bits per heavy atom. The van der Waals surface area contributed by atoms with Crippen LogP contribution in [0.3, 0.4) is 0 Å². The zero-order valence-corrected chi connectivity index (χ0v) is 19.0. The molecule has 8 N–H and O–H groups in total. The van der Waals surface area contributed by atoms with Crippen molar-refractivity contribution < 1.29 is 34.5 Å². The number of nitrogens with one attached hydrogen (secondary N) is 3. The Kier molecular flexibility index (Phi) is 11.5. The van der Waals surface area contributed by atoms with Crippen molar-refractivity contribution in [1.29, 1.82) is 0 Å². The molecule has 1 aromatic rings. The van der Waals surface area contributed by atoms with Crippen molar-refractivity contribution in [3.05, 3.63) is 35.9 Å². The Labute approximate surface area is 192 Å². The van der Waals surface area contributed by atoms with Crippen LogP contribution in [0.4, 0.5) is 0 Å². The summed E-state index contributed by atoms with van der Waals surface area (Å²) in [5, 5.41) is 35.1. The minimum atomic E-state index is -1.60. The van der Waals surface area contributed by atoms with E-state index in [-0.39, 0.29) is 12.3 Å². The van der Waals surface area contributed by atoms with Crippen molar-refractivity contribution in [2.45, 2.75) is 63.9 Å². The molecular weight excluding hydrogens is 432 g/mol. The summed E-state index contributed by atoms with van der Waals surface area (Å²) < 4.78 is 0. The van der Waals surface area contributed by atoms with Gasteiger partial charge < -0.3 is 37.0 Å². The maximum Gasteiger partial charge on any atom is 0.328 e. The van der Waals surface area contributed by atoms with E-state index in [0.717, 1.165) is 5.56 Å². The molecular formula is C22H34N4O7. The van der Waals surface area contributed by atoms with Gasteiger partial charge in [0.25, 0.3) is 0 Å². The molecule has 33 heavy (non-hydrogen) atoms. The summed E-state index contributed by atoms with van der Waals surface area (Å²) in [5.74, 6) is -4.08. The highest BCUT2D eigenvalue weighted by atomic mass is 16.4. The second kappa shape index (κ2) is 13.5. The van der Waals surface area contributed by atoms with Gasteiger partial charge >= 0.3 is 5.97 Å². The lowest BCUT2D eigenvalue weighted by atomic mass is 9.96. The molecule has 0 aliphatic rings. The first-order chi connectivity index (χ1) is 15.5. The Bertz CT molecular complexity index is 803. The third-order valence-electron chi connectivity index (χ3n) is 5.29. The number of carbonyl (C=O) groups is 4. The van der Waals surface area contributed by atoms with Gasteiger partial charge in [-0.1, -0.05) is 50.6 Å². The lowest BCUT2D eigenvalue weighted by Crippen LogP contribution is -2.61. The number of aliphatic hydroxyl groups excluding tert-OH is 2. The van der Waals surface area contributed by atoms with Crippen molar-refractivity contribution in [3.8, 4) is 0 Å². The number of hydrogen-bond acceptors (Lipinski definition) is 7. The molecule has 0 radical (unpaired) electrons. The fourth-order valence-corrected chi connectivity index (χ4v) is 3.02. The van der Waals surface area contributed by atoms with E-state index >= 15 is 0 Å². The average molecular weight is 467 g/mol. The van der Waals surface area contributed by atoms with Crippen LogP contribution in [-0.2, 0) is 25.6 Å². The molecule has 184 valence electrons. The van der Waals surface area contributed by atoms with Crippen LogP contribution in [0.2, 0.25) is 0 Å². The Balaban J connectivity index is 2.92. The zero-order chi connectivity index (χ0) is 25.1. The number of nitrogens with two attached hydrogens (primary N) is 1. The summed E-state index contributed by atoms with van der Waals surface area (Å²) in [7, 11) is 0. The Hall–Kier alpha value is -3.02. The summed E-state index contributed by atoms with van der Waals surface area (Å²) in [5.41, 5.74) is 6.86. The fraction of sp³-hybridized carbons (Fsp3) is 0.545. The van der Waals surface area contributed by atoms with Gasteiger partial charge in [-0.2, -0.15) is 0 Å². The number of carboxylic acids is 1. The molecule has 6 atom stereocenters. The number of benzene rings is 1. The number of amides is 3. The third kappa shape index (κ3) is 8.79. The molecule has 0 saturated carbocycles. The van der Waals surface area contributed by atoms with E-state index in [0.29, 0.717) is 6.42 Å². The van der Waals surface area contributed by atoms with Crippen LogP contribution in [0.1, 0.15) is 32.8 Å². The molecule has 0 spiro atoms. The van der Waals surface area contributed by atoms with Crippen LogP contribution in [0.5, 0.6) is 0 Å². The van der Waals surface area contributed by atoms with Crippen LogP contribution in [0.15, 0.2) is 30.3 Å². The predicted molar refractivity (Wildman–Crippen MR) is 120 cm³/mol. The van der Waals surface area contributed by atoms with Gasteiger partial charge in [0.15, 0.2) is 0 Å². The zero-order valence-electron chi connectivity index (χ0n) is 19.0. The largest absolute Gasteiger partial charge is 0.480 e. The number of carbonyl (C=O) groups excluding carboxylic acids is 3. The molecule has 3 amide bonds. The van der Waals surface area contributed by atoms with Crippen LogP contribution in [-0.4, -0.2) is 75.9 Å². The molecule has 0 fully saturated rings. The minimum Gasteiger partial charge on any atom is -0.480 e. The van der Waals surface area contributed by atoms with E-state index in [1.165, 1.54) is 6.92 Å². The van der Waals surface area contributed by atoms with E-state index in [4.69, 9.17) is 15.9 Å². The highest BCUT2D eigenvalue weighted by molar-refractivity contribution is 5.94. The van der Waals surface area contributed by atoms with Crippen molar-refractivity contribution in [1.82, 2.24) is 16.0 Å². The molecule has 1 rings (SSSR count). The maximum absolute atomic E-state index is 12.9. The predicted octanol–water partition coefficient (Wildman–Crippen LogP) is -1.49. The second-order valence-corrected chi connectivity index (χ2v) is 7.98. The highest BCUT2D eigenvalue weighted by Gasteiger charge is 2.34. The van der Waals surface area contributed by atoms with Gasteiger partial charge in [-0.3, -0.25) is 14.4 Å². The molecule has 0 heterocycles. The van der Waals surface area contributed by atoms with Gasteiger partial charge in [0.2, 0.25) is 17.7 Å². The van der Waals surface area contributed by atoms with Crippen LogP contribution < -0.4 is 21.7 Å². The molecule has 0 bridgehead atoms. The highest BCUT2D eigenvalue weighted by Crippen LogP contribution is 2.10. The van der Waals surface area contributed by atoms with E-state index in [2.05, 4.69) is 16.0 Å². The summed E-state index contributed by atoms with van der Waals surface area (Å²) in [6, 6.07) is 4.07. The monoisotopic (exact) mass is 466 g/mol. The van der Waals surface area contributed by atoms with E-state index in [9.17, 15) is 24.3 Å². The van der Waals surface area contributed by atoms with Crippen molar-refractivity contribution >= 4 is 23.7 Å². The molecule has 1 aromatic carbocycles. The molecule has 11 nitrogen and oxygen atoms in total. The van der Waals surface area contributed by atoms with Crippen molar-refractivity contribution in [3.63, 3.8) is 0 Å². The smallest absolute Gasteiger partial charge is 0.328 e. The topological polar surface area (TPSA) is 191 Å².